The number of fused-ring (bicyclic) bond motifs is 1. The van der Waals surface area contributed by atoms with E-state index in [1.165, 1.54) is 0 Å². The first kappa shape index (κ1) is 18.9. The molecular formula is C23H21N7O. The third kappa shape index (κ3) is 3.51. The van der Waals surface area contributed by atoms with Gasteiger partial charge < -0.3 is 9.80 Å². The van der Waals surface area contributed by atoms with Gasteiger partial charge in [-0.1, -0.05) is 30.3 Å². The van der Waals surface area contributed by atoms with Gasteiger partial charge in [0, 0.05) is 26.2 Å². The van der Waals surface area contributed by atoms with Gasteiger partial charge in [0.25, 0.3) is 5.56 Å². The van der Waals surface area contributed by atoms with Crippen LogP contribution in [0.15, 0.2) is 65.6 Å². The molecule has 8 nitrogen and oxygen atoms in total. The van der Waals surface area contributed by atoms with Crippen LogP contribution in [-0.2, 0) is 0 Å². The number of aromatic nitrogens is 4. The van der Waals surface area contributed by atoms with E-state index in [-0.39, 0.29) is 5.56 Å². The van der Waals surface area contributed by atoms with Crippen molar-refractivity contribution in [1.82, 2.24) is 19.7 Å². The first-order valence-corrected chi connectivity index (χ1v) is 10.3. The van der Waals surface area contributed by atoms with Crippen molar-refractivity contribution in [3.63, 3.8) is 0 Å². The summed E-state index contributed by atoms with van der Waals surface area (Å²) in [5.74, 6) is 0.547. The Morgan fingerprint density at radius 1 is 0.935 bits per heavy atom. The summed E-state index contributed by atoms with van der Waals surface area (Å²) in [5, 5.41) is 14.3. The van der Waals surface area contributed by atoms with Gasteiger partial charge in [-0.3, -0.25) is 9.78 Å². The van der Waals surface area contributed by atoms with Crippen LogP contribution in [0.2, 0.25) is 0 Å². The van der Waals surface area contributed by atoms with E-state index in [2.05, 4.69) is 26.0 Å². The van der Waals surface area contributed by atoms with Crippen molar-refractivity contribution < 1.29 is 0 Å². The molecule has 1 aliphatic rings. The maximum absolute atomic E-state index is 12.7. The largest absolute Gasteiger partial charge is 0.369 e. The molecule has 0 atom stereocenters. The van der Waals surface area contributed by atoms with Gasteiger partial charge in [0.05, 0.1) is 23.1 Å². The number of benzene rings is 2. The van der Waals surface area contributed by atoms with E-state index in [4.69, 9.17) is 4.98 Å². The third-order valence-corrected chi connectivity index (χ3v) is 5.59. The number of hydrogen-bond acceptors (Lipinski definition) is 6. The predicted octanol–water partition coefficient (Wildman–Crippen LogP) is 2.70. The fraction of sp³-hybridized carbons (Fsp3) is 0.217. The number of aromatic amines is 1. The van der Waals surface area contributed by atoms with Crippen molar-refractivity contribution in [2.24, 2.45) is 0 Å². The van der Waals surface area contributed by atoms with Crippen molar-refractivity contribution in [1.29, 1.82) is 5.26 Å². The van der Waals surface area contributed by atoms with Gasteiger partial charge >= 0.3 is 0 Å². The topological polar surface area (TPSA) is 93.8 Å². The number of hydrogen-bond donors (Lipinski definition) is 1. The lowest BCUT2D eigenvalue weighted by Crippen LogP contribution is -2.33. The minimum atomic E-state index is -0.196. The minimum Gasteiger partial charge on any atom is -0.369 e. The van der Waals surface area contributed by atoms with Crippen LogP contribution in [-0.4, -0.2) is 45.9 Å². The second-order valence-corrected chi connectivity index (χ2v) is 7.48. The quantitative estimate of drug-likeness (QED) is 0.557. The summed E-state index contributed by atoms with van der Waals surface area (Å²) in [4.78, 5) is 24.7. The number of nitriles is 1. The van der Waals surface area contributed by atoms with Gasteiger partial charge in [-0.25, -0.2) is 4.68 Å². The van der Waals surface area contributed by atoms with Crippen LogP contribution >= 0.6 is 0 Å². The molecule has 3 heterocycles. The average Bonchev–Trinajstić information content (AvgIpc) is 3.09. The van der Waals surface area contributed by atoms with Crippen LogP contribution in [0.1, 0.15) is 12.0 Å². The standard InChI is InChI=1S/C23H21N7O/c24-15-17-7-4-5-10-20(17)28-11-6-12-29(14-13-28)23-26-21-19(22(31)27-23)16-25-30(21)18-8-2-1-3-9-18/h1-5,7-10,16H,6,11-14H2,(H,26,27,31). The Kier molecular flexibility index (Phi) is 4.84. The molecule has 1 saturated heterocycles. The lowest BCUT2D eigenvalue weighted by Gasteiger charge is -2.24. The maximum atomic E-state index is 12.7. The minimum absolute atomic E-state index is 0.196. The average molecular weight is 411 g/mol. The number of rotatable bonds is 3. The Balaban J connectivity index is 1.46. The molecule has 1 fully saturated rings. The smallest absolute Gasteiger partial charge is 0.263 e. The molecule has 5 rings (SSSR count). The Morgan fingerprint density at radius 2 is 1.68 bits per heavy atom. The summed E-state index contributed by atoms with van der Waals surface area (Å²) in [6, 6.07) is 19.6. The Bertz CT molecular complexity index is 1320. The van der Waals surface area contributed by atoms with Crippen LogP contribution in [0.3, 0.4) is 0 Å². The lowest BCUT2D eigenvalue weighted by atomic mass is 10.1. The van der Waals surface area contributed by atoms with Crippen LogP contribution in [0, 0.1) is 11.3 Å². The lowest BCUT2D eigenvalue weighted by molar-refractivity contribution is 0.779. The molecule has 2 aromatic carbocycles. The zero-order chi connectivity index (χ0) is 21.2. The van der Waals surface area contributed by atoms with E-state index in [0.29, 0.717) is 29.1 Å². The van der Waals surface area contributed by atoms with Crippen molar-refractivity contribution in [2.75, 3.05) is 36.0 Å². The van der Waals surface area contributed by atoms with Crippen LogP contribution in [0.4, 0.5) is 11.6 Å². The summed E-state index contributed by atoms with van der Waals surface area (Å²) in [5.41, 5.74) is 2.83. The summed E-state index contributed by atoms with van der Waals surface area (Å²) in [6.45, 7) is 3.02. The van der Waals surface area contributed by atoms with Crippen molar-refractivity contribution in [2.45, 2.75) is 6.42 Å². The summed E-state index contributed by atoms with van der Waals surface area (Å²) in [7, 11) is 0. The van der Waals surface area contributed by atoms with E-state index in [1.807, 2.05) is 54.6 Å². The second-order valence-electron chi connectivity index (χ2n) is 7.48. The van der Waals surface area contributed by atoms with Crippen LogP contribution in [0.25, 0.3) is 16.7 Å². The van der Waals surface area contributed by atoms with E-state index >= 15 is 0 Å². The molecule has 0 amide bonds. The zero-order valence-electron chi connectivity index (χ0n) is 16.9. The van der Waals surface area contributed by atoms with E-state index in [9.17, 15) is 10.1 Å². The van der Waals surface area contributed by atoms with E-state index in [0.717, 1.165) is 37.4 Å². The Labute approximate surface area is 179 Å². The van der Waals surface area contributed by atoms with Gasteiger partial charge in [-0.2, -0.15) is 15.3 Å². The third-order valence-electron chi connectivity index (χ3n) is 5.59. The normalized spacial score (nSPS) is 14.4. The maximum Gasteiger partial charge on any atom is 0.263 e. The fourth-order valence-electron chi connectivity index (χ4n) is 4.03. The monoisotopic (exact) mass is 411 g/mol. The van der Waals surface area contributed by atoms with Crippen molar-refractivity contribution in [3.8, 4) is 11.8 Å². The molecule has 0 saturated carbocycles. The molecule has 0 radical (unpaired) electrons. The highest BCUT2D eigenvalue weighted by Crippen LogP contribution is 2.22. The molecule has 4 aromatic rings. The van der Waals surface area contributed by atoms with E-state index < -0.39 is 0 Å². The van der Waals surface area contributed by atoms with Gasteiger partial charge in [0.2, 0.25) is 5.95 Å². The van der Waals surface area contributed by atoms with E-state index in [1.54, 1.807) is 10.9 Å². The predicted molar refractivity (Wildman–Crippen MR) is 120 cm³/mol. The fourth-order valence-corrected chi connectivity index (χ4v) is 4.03. The highest BCUT2D eigenvalue weighted by molar-refractivity contribution is 5.76. The SMILES string of the molecule is N#Cc1ccccc1N1CCCN(c2nc3c(cnn3-c3ccccc3)c(=O)[nH]2)CC1. The highest BCUT2D eigenvalue weighted by Gasteiger charge is 2.20. The molecule has 0 bridgehead atoms. The Hall–Kier alpha value is -4.12. The molecule has 1 N–H and O–H groups in total. The molecule has 2 aromatic heterocycles. The first-order chi connectivity index (χ1) is 15.2. The van der Waals surface area contributed by atoms with Crippen LogP contribution < -0.4 is 15.4 Å². The van der Waals surface area contributed by atoms with Gasteiger partial charge in [-0.05, 0) is 30.7 Å². The molecular weight excluding hydrogens is 390 g/mol. The van der Waals surface area contributed by atoms with Crippen LogP contribution in [0.5, 0.6) is 0 Å². The number of anilines is 2. The van der Waals surface area contributed by atoms with Crippen molar-refractivity contribution >= 4 is 22.7 Å². The molecule has 0 spiro atoms. The Morgan fingerprint density at radius 3 is 2.52 bits per heavy atom. The number of para-hydroxylation sites is 2. The molecule has 154 valence electrons. The van der Waals surface area contributed by atoms with Gasteiger partial charge in [-0.15, -0.1) is 0 Å². The molecule has 31 heavy (non-hydrogen) atoms. The highest BCUT2D eigenvalue weighted by atomic mass is 16.1. The zero-order valence-corrected chi connectivity index (χ0v) is 16.9. The molecule has 0 unspecified atom stereocenters. The number of nitrogens with zero attached hydrogens (tertiary/aromatic N) is 6. The van der Waals surface area contributed by atoms with Gasteiger partial charge in [0.15, 0.2) is 5.65 Å². The molecule has 1 aliphatic heterocycles. The summed E-state index contributed by atoms with van der Waals surface area (Å²) < 4.78 is 1.70. The molecule has 0 aliphatic carbocycles. The second kappa shape index (κ2) is 7.95. The molecule has 8 heteroatoms. The number of H-pyrrole nitrogens is 1. The van der Waals surface area contributed by atoms with Gasteiger partial charge in [0.1, 0.15) is 11.5 Å². The summed E-state index contributed by atoms with van der Waals surface area (Å²) >= 11 is 0. The summed E-state index contributed by atoms with van der Waals surface area (Å²) in [6.07, 6.45) is 2.44. The first-order valence-electron chi connectivity index (χ1n) is 10.3. The van der Waals surface area contributed by atoms with Crippen molar-refractivity contribution in [3.05, 3.63) is 76.7 Å². The number of nitrogens with one attached hydrogen (secondary N) is 1.